The topological polar surface area (TPSA) is 54.8 Å². The number of amides is 1. The molecule has 1 amide bonds. The summed E-state index contributed by atoms with van der Waals surface area (Å²) in [4.78, 5) is 22.4. The van der Waals surface area contributed by atoms with Crippen molar-refractivity contribution >= 4 is 11.8 Å². The fourth-order valence-electron chi connectivity index (χ4n) is 2.47. The van der Waals surface area contributed by atoms with Crippen LogP contribution in [-0.4, -0.2) is 41.3 Å². The van der Waals surface area contributed by atoms with Crippen LogP contribution < -0.4 is 0 Å². The number of ether oxygens (including phenoxy) is 1. The summed E-state index contributed by atoms with van der Waals surface area (Å²) in [6.45, 7) is 2.14. The van der Waals surface area contributed by atoms with Gasteiger partial charge in [0.25, 0.3) is 5.90 Å². The van der Waals surface area contributed by atoms with Gasteiger partial charge in [-0.3, -0.25) is 9.78 Å². The van der Waals surface area contributed by atoms with Crippen LogP contribution in [0.1, 0.15) is 30.9 Å². The van der Waals surface area contributed by atoms with Gasteiger partial charge in [0.1, 0.15) is 6.10 Å². The van der Waals surface area contributed by atoms with Gasteiger partial charge in [-0.25, -0.2) is 4.99 Å². The second-order valence-corrected chi connectivity index (χ2v) is 4.89. The van der Waals surface area contributed by atoms with Crippen LogP contribution in [0.15, 0.2) is 29.5 Å². The van der Waals surface area contributed by atoms with E-state index in [2.05, 4.69) is 9.98 Å². The molecule has 0 saturated carbocycles. The largest absolute Gasteiger partial charge is 0.464 e. The monoisotopic (exact) mass is 259 g/mol. The van der Waals surface area contributed by atoms with E-state index >= 15 is 0 Å². The van der Waals surface area contributed by atoms with Crippen molar-refractivity contribution in [2.75, 3.05) is 19.6 Å². The molecular formula is C14H17N3O2. The lowest BCUT2D eigenvalue weighted by Gasteiger charge is -2.26. The number of rotatable bonds is 2. The summed E-state index contributed by atoms with van der Waals surface area (Å²) >= 11 is 0. The number of piperidine rings is 1. The average Bonchev–Trinajstić information content (AvgIpc) is 2.98. The molecule has 3 heterocycles. The molecule has 1 fully saturated rings. The number of nitrogens with zero attached hydrogens (tertiary/aromatic N) is 3. The standard InChI is InChI=1S/C14H17N3O2/c18-14(17-7-2-1-3-8-17)13-16-10-12(19-13)11-5-4-6-15-9-11/h4-6,9,12H,1-3,7-8,10H2. The zero-order valence-electron chi connectivity index (χ0n) is 10.8. The zero-order chi connectivity index (χ0) is 13.1. The highest BCUT2D eigenvalue weighted by molar-refractivity contribution is 6.35. The van der Waals surface area contributed by atoms with Gasteiger partial charge in [-0.05, 0) is 25.3 Å². The van der Waals surface area contributed by atoms with Crippen molar-refractivity contribution in [2.24, 2.45) is 4.99 Å². The average molecular weight is 259 g/mol. The number of pyridine rings is 1. The van der Waals surface area contributed by atoms with Crippen molar-refractivity contribution < 1.29 is 9.53 Å². The molecule has 19 heavy (non-hydrogen) atoms. The molecule has 1 aromatic rings. The van der Waals surface area contributed by atoms with E-state index in [4.69, 9.17) is 4.74 Å². The zero-order valence-corrected chi connectivity index (χ0v) is 10.8. The molecule has 1 unspecified atom stereocenters. The molecule has 2 aliphatic heterocycles. The molecule has 0 spiro atoms. The summed E-state index contributed by atoms with van der Waals surface area (Å²) in [6.07, 6.45) is 6.66. The SMILES string of the molecule is O=C(C1=NCC(c2cccnc2)O1)N1CCCCC1. The van der Waals surface area contributed by atoms with E-state index in [0.29, 0.717) is 6.54 Å². The van der Waals surface area contributed by atoms with Gasteiger partial charge in [0.2, 0.25) is 0 Å². The van der Waals surface area contributed by atoms with E-state index in [1.165, 1.54) is 6.42 Å². The Kier molecular flexibility index (Phi) is 3.44. The van der Waals surface area contributed by atoms with Gasteiger partial charge in [-0.15, -0.1) is 0 Å². The quantitative estimate of drug-likeness (QED) is 0.810. The van der Waals surface area contributed by atoms with E-state index in [9.17, 15) is 4.79 Å². The highest BCUT2D eigenvalue weighted by Crippen LogP contribution is 2.23. The predicted molar refractivity (Wildman–Crippen MR) is 70.8 cm³/mol. The number of carbonyl (C=O) groups excluding carboxylic acids is 1. The third-order valence-corrected chi connectivity index (χ3v) is 3.54. The molecule has 0 bridgehead atoms. The van der Waals surface area contributed by atoms with Crippen LogP contribution >= 0.6 is 0 Å². The molecule has 5 nitrogen and oxygen atoms in total. The smallest absolute Gasteiger partial charge is 0.308 e. The van der Waals surface area contributed by atoms with Crippen LogP contribution in [0.25, 0.3) is 0 Å². The van der Waals surface area contributed by atoms with Crippen molar-refractivity contribution in [3.63, 3.8) is 0 Å². The molecule has 3 rings (SSSR count). The molecule has 5 heteroatoms. The number of carbonyl (C=O) groups is 1. The maximum atomic E-state index is 12.2. The lowest BCUT2D eigenvalue weighted by molar-refractivity contribution is -0.126. The molecule has 1 saturated heterocycles. The minimum atomic E-state index is -0.169. The second-order valence-electron chi connectivity index (χ2n) is 4.89. The van der Waals surface area contributed by atoms with Gasteiger partial charge in [-0.1, -0.05) is 6.07 Å². The first-order valence-electron chi connectivity index (χ1n) is 6.75. The van der Waals surface area contributed by atoms with Gasteiger partial charge >= 0.3 is 5.91 Å². The molecule has 0 aromatic carbocycles. The fourth-order valence-corrected chi connectivity index (χ4v) is 2.47. The lowest BCUT2D eigenvalue weighted by Crippen LogP contribution is -2.40. The highest BCUT2D eigenvalue weighted by atomic mass is 16.5. The summed E-state index contributed by atoms with van der Waals surface area (Å²) < 4.78 is 5.68. The minimum absolute atomic E-state index is 0.0638. The second kappa shape index (κ2) is 5.38. The highest BCUT2D eigenvalue weighted by Gasteiger charge is 2.30. The minimum Gasteiger partial charge on any atom is -0.464 e. The number of likely N-dealkylation sites (tertiary alicyclic amines) is 1. The molecule has 1 atom stereocenters. The van der Waals surface area contributed by atoms with Crippen LogP contribution in [0.4, 0.5) is 0 Å². The first-order valence-corrected chi connectivity index (χ1v) is 6.75. The van der Waals surface area contributed by atoms with Gasteiger partial charge in [0.05, 0.1) is 6.54 Å². The predicted octanol–water partition coefficient (Wildman–Crippen LogP) is 1.56. The van der Waals surface area contributed by atoms with Crippen molar-refractivity contribution in [2.45, 2.75) is 25.4 Å². The van der Waals surface area contributed by atoms with Crippen LogP contribution in [-0.2, 0) is 9.53 Å². The number of hydrogen-bond acceptors (Lipinski definition) is 4. The van der Waals surface area contributed by atoms with Gasteiger partial charge in [0, 0.05) is 31.0 Å². The molecular weight excluding hydrogens is 242 g/mol. The third kappa shape index (κ3) is 2.59. The normalized spacial score (nSPS) is 22.8. The van der Waals surface area contributed by atoms with E-state index < -0.39 is 0 Å². The van der Waals surface area contributed by atoms with E-state index in [1.807, 2.05) is 17.0 Å². The Hall–Kier alpha value is -1.91. The summed E-state index contributed by atoms with van der Waals surface area (Å²) in [6, 6.07) is 3.81. The van der Waals surface area contributed by atoms with Crippen molar-refractivity contribution in [1.82, 2.24) is 9.88 Å². The maximum absolute atomic E-state index is 12.2. The lowest BCUT2D eigenvalue weighted by atomic mass is 10.1. The van der Waals surface area contributed by atoms with Crippen molar-refractivity contribution in [1.29, 1.82) is 0 Å². The van der Waals surface area contributed by atoms with Gasteiger partial charge in [-0.2, -0.15) is 0 Å². The summed E-state index contributed by atoms with van der Waals surface area (Å²) in [5, 5.41) is 0. The van der Waals surface area contributed by atoms with Gasteiger partial charge in [0.15, 0.2) is 0 Å². The van der Waals surface area contributed by atoms with Crippen molar-refractivity contribution in [3.8, 4) is 0 Å². The Bertz CT molecular complexity index is 481. The first kappa shape index (κ1) is 12.1. The Balaban J connectivity index is 1.63. The maximum Gasteiger partial charge on any atom is 0.308 e. The molecule has 1 aromatic heterocycles. The van der Waals surface area contributed by atoms with Crippen molar-refractivity contribution in [3.05, 3.63) is 30.1 Å². The number of aromatic nitrogens is 1. The van der Waals surface area contributed by atoms with Gasteiger partial charge < -0.3 is 9.64 Å². The van der Waals surface area contributed by atoms with Crippen LogP contribution in [0.3, 0.4) is 0 Å². The first-order chi connectivity index (χ1) is 9.34. The summed E-state index contributed by atoms with van der Waals surface area (Å²) in [5.74, 6) is 0.196. The van der Waals surface area contributed by atoms with Crippen LogP contribution in [0.5, 0.6) is 0 Å². The summed E-state index contributed by atoms with van der Waals surface area (Å²) in [5.41, 5.74) is 0.965. The van der Waals surface area contributed by atoms with E-state index in [-0.39, 0.29) is 17.9 Å². The fraction of sp³-hybridized carbons (Fsp3) is 0.500. The molecule has 2 aliphatic rings. The molecule has 0 radical (unpaired) electrons. The Morgan fingerprint density at radius 2 is 2.16 bits per heavy atom. The number of aliphatic imine (C=N–C) groups is 1. The molecule has 0 aliphatic carbocycles. The van der Waals surface area contributed by atoms with E-state index in [1.54, 1.807) is 12.4 Å². The third-order valence-electron chi connectivity index (χ3n) is 3.54. The molecule has 100 valence electrons. The van der Waals surface area contributed by atoms with E-state index in [0.717, 1.165) is 31.5 Å². The Morgan fingerprint density at radius 3 is 2.89 bits per heavy atom. The Labute approximate surface area is 112 Å². The summed E-state index contributed by atoms with van der Waals surface area (Å²) in [7, 11) is 0. The molecule has 0 N–H and O–H groups in total. The number of hydrogen-bond donors (Lipinski definition) is 0. The van der Waals surface area contributed by atoms with Crippen LogP contribution in [0.2, 0.25) is 0 Å². The Morgan fingerprint density at radius 1 is 1.32 bits per heavy atom. The van der Waals surface area contributed by atoms with Crippen LogP contribution in [0, 0.1) is 0 Å².